The first-order chi connectivity index (χ1) is 5.26. The lowest BCUT2D eigenvalue weighted by Gasteiger charge is -2.18. The maximum absolute atomic E-state index is 9.29. The van der Waals surface area contributed by atoms with Crippen molar-refractivity contribution in [2.75, 3.05) is 14.2 Å². The molecule has 0 saturated heterocycles. The van der Waals surface area contributed by atoms with Gasteiger partial charge in [-0.15, -0.1) is 12.3 Å². The number of terminal acetylenes is 1. The SMILES string of the molecule is C#CCCC(O)C(OC)OC. The molecule has 0 fully saturated rings. The van der Waals surface area contributed by atoms with E-state index in [0.29, 0.717) is 12.8 Å². The highest BCUT2D eigenvalue weighted by Crippen LogP contribution is 2.05. The molecule has 0 amide bonds. The standard InChI is InChI=1S/C8H14O3/c1-4-5-6-7(9)8(10-2)11-3/h1,7-9H,5-6H2,2-3H3. The second kappa shape index (κ2) is 6.17. The van der Waals surface area contributed by atoms with Crippen LogP contribution in [-0.2, 0) is 9.47 Å². The van der Waals surface area contributed by atoms with Crippen molar-refractivity contribution in [1.29, 1.82) is 0 Å². The average molecular weight is 158 g/mol. The van der Waals surface area contributed by atoms with Gasteiger partial charge in [-0.3, -0.25) is 0 Å². The maximum atomic E-state index is 9.29. The molecule has 0 heterocycles. The molecule has 11 heavy (non-hydrogen) atoms. The van der Waals surface area contributed by atoms with Gasteiger partial charge < -0.3 is 14.6 Å². The molecule has 0 saturated carbocycles. The number of aliphatic hydroxyl groups excluding tert-OH is 1. The van der Waals surface area contributed by atoms with Crippen LogP contribution in [0, 0.1) is 12.3 Å². The van der Waals surface area contributed by atoms with Gasteiger partial charge in [0.15, 0.2) is 6.29 Å². The Labute approximate surface area is 67.3 Å². The molecule has 0 aromatic heterocycles. The van der Waals surface area contributed by atoms with Crippen molar-refractivity contribution in [3.05, 3.63) is 0 Å². The van der Waals surface area contributed by atoms with Crippen LogP contribution >= 0.6 is 0 Å². The van der Waals surface area contributed by atoms with Gasteiger partial charge in [0.2, 0.25) is 0 Å². The van der Waals surface area contributed by atoms with Crippen LogP contribution in [0.4, 0.5) is 0 Å². The van der Waals surface area contributed by atoms with Crippen LogP contribution in [0.1, 0.15) is 12.8 Å². The fraction of sp³-hybridized carbons (Fsp3) is 0.750. The molecule has 0 radical (unpaired) electrons. The number of aliphatic hydroxyl groups is 1. The molecule has 0 aromatic carbocycles. The minimum absolute atomic E-state index is 0.503. The molecule has 64 valence electrons. The first-order valence-electron chi connectivity index (χ1n) is 3.43. The van der Waals surface area contributed by atoms with E-state index in [2.05, 4.69) is 5.92 Å². The lowest BCUT2D eigenvalue weighted by atomic mass is 10.2. The predicted octanol–water partition coefficient (Wildman–Crippen LogP) is 0.380. The Morgan fingerprint density at radius 3 is 2.36 bits per heavy atom. The third-order valence-corrected chi connectivity index (χ3v) is 1.36. The van der Waals surface area contributed by atoms with Crippen LogP contribution in [-0.4, -0.2) is 31.7 Å². The summed E-state index contributed by atoms with van der Waals surface area (Å²) in [5, 5.41) is 9.29. The minimum atomic E-state index is -0.638. The number of rotatable bonds is 5. The molecule has 3 nitrogen and oxygen atoms in total. The van der Waals surface area contributed by atoms with E-state index in [4.69, 9.17) is 15.9 Å². The Balaban J connectivity index is 3.61. The number of methoxy groups -OCH3 is 2. The molecule has 0 spiro atoms. The first kappa shape index (κ1) is 10.4. The molecule has 0 aliphatic carbocycles. The zero-order valence-corrected chi connectivity index (χ0v) is 6.91. The van der Waals surface area contributed by atoms with Crippen molar-refractivity contribution in [2.24, 2.45) is 0 Å². The van der Waals surface area contributed by atoms with Gasteiger partial charge in [-0.1, -0.05) is 0 Å². The van der Waals surface area contributed by atoms with E-state index < -0.39 is 12.4 Å². The summed E-state index contributed by atoms with van der Waals surface area (Å²) >= 11 is 0. The number of hydrogen-bond acceptors (Lipinski definition) is 3. The molecular formula is C8H14O3. The second-order valence-electron chi connectivity index (χ2n) is 2.15. The third-order valence-electron chi connectivity index (χ3n) is 1.36. The summed E-state index contributed by atoms with van der Waals surface area (Å²) in [6.45, 7) is 0. The zero-order valence-electron chi connectivity index (χ0n) is 6.91. The Bertz CT molecular complexity index is 124. The third kappa shape index (κ3) is 3.99. The largest absolute Gasteiger partial charge is 0.388 e. The van der Waals surface area contributed by atoms with Gasteiger partial charge in [-0.25, -0.2) is 0 Å². The topological polar surface area (TPSA) is 38.7 Å². The summed E-state index contributed by atoms with van der Waals surface area (Å²) in [5.41, 5.74) is 0. The highest BCUT2D eigenvalue weighted by atomic mass is 16.7. The smallest absolute Gasteiger partial charge is 0.182 e. The molecule has 1 unspecified atom stereocenters. The Morgan fingerprint density at radius 1 is 1.45 bits per heavy atom. The van der Waals surface area contributed by atoms with Crippen LogP contribution in [0.2, 0.25) is 0 Å². The average Bonchev–Trinajstić information content (AvgIpc) is 2.03. The monoisotopic (exact) mass is 158 g/mol. The molecule has 0 rings (SSSR count). The van der Waals surface area contributed by atoms with Gasteiger partial charge in [0.25, 0.3) is 0 Å². The summed E-state index contributed by atoms with van der Waals surface area (Å²) in [6, 6.07) is 0. The lowest BCUT2D eigenvalue weighted by molar-refractivity contribution is -0.165. The highest BCUT2D eigenvalue weighted by molar-refractivity contribution is 4.84. The Morgan fingerprint density at radius 2 is 2.00 bits per heavy atom. The van der Waals surface area contributed by atoms with Crippen LogP contribution in [0.15, 0.2) is 0 Å². The predicted molar refractivity (Wildman–Crippen MR) is 41.9 cm³/mol. The van der Waals surface area contributed by atoms with E-state index in [1.807, 2.05) is 0 Å². The van der Waals surface area contributed by atoms with Crippen LogP contribution < -0.4 is 0 Å². The highest BCUT2D eigenvalue weighted by Gasteiger charge is 2.16. The van der Waals surface area contributed by atoms with Gasteiger partial charge in [-0.2, -0.15) is 0 Å². The molecule has 0 bridgehead atoms. The van der Waals surface area contributed by atoms with Gasteiger partial charge >= 0.3 is 0 Å². The summed E-state index contributed by atoms with van der Waals surface area (Å²) in [4.78, 5) is 0. The minimum Gasteiger partial charge on any atom is -0.388 e. The number of hydrogen-bond donors (Lipinski definition) is 1. The van der Waals surface area contributed by atoms with Crippen LogP contribution in [0.25, 0.3) is 0 Å². The van der Waals surface area contributed by atoms with Gasteiger partial charge in [0, 0.05) is 20.6 Å². The van der Waals surface area contributed by atoms with E-state index in [1.54, 1.807) is 0 Å². The van der Waals surface area contributed by atoms with Crippen molar-refractivity contribution in [3.63, 3.8) is 0 Å². The summed E-state index contributed by atoms with van der Waals surface area (Å²) in [7, 11) is 2.96. The molecule has 0 aliphatic heterocycles. The van der Waals surface area contributed by atoms with Crippen molar-refractivity contribution < 1.29 is 14.6 Å². The maximum Gasteiger partial charge on any atom is 0.182 e. The quantitative estimate of drug-likeness (QED) is 0.464. The van der Waals surface area contributed by atoms with E-state index in [9.17, 15) is 5.11 Å². The van der Waals surface area contributed by atoms with E-state index in [1.165, 1.54) is 14.2 Å². The van der Waals surface area contributed by atoms with E-state index in [0.717, 1.165) is 0 Å². The second-order valence-corrected chi connectivity index (χ2v) is 2.15. The van der Waals surface area contributed by atoms with E-state index in [-0.39, 0.29) is 0 Å². The fourth-order valence-electron chi connectivity index (χ4n) is 0.778. The molecule has 1 atom stereocenters. The Kier molecular flexibility index (Phi) is 5.86. The van der Waals surface area contributed by atoms with Gasteiger partial charge in [-0.05, 0) is 6.42 Å². The van der Waals surface area contributed by atoms with Crippen LogP contribution in [0.3, 0.4) is 0 Å². The molecule has 0 aromatic rings. The zero-order chi connectivity index (χ0) is 8.69. The fourth-order valence-corrected chi connectivity index (χ4v) is 0.778. The molecular weight excluding hydrogens is 144 g/mol. The normalized spacial score (nSPS) is 13.0. The van der Waals surface area contributed by atoms with Crippen molar-refractivity contribution in [2.45, 2.75) is 25.2 Å². The molecule has 3 heteroatoms. The first-order valence-corrected chi connectivity index (χ1v) is 3.43. The van der Waals surface area contributed by atoms with Gasteiger partial charge in [0.1, 0.15) is 6.10 Å². The number of ether oxygens (including phenoxy) is 2. The summed E-state index contributed by atoms with van der Waals surface area (Å²) < 4.78 is 9.63. The lowest BCUT2D eigenvalue weighted by Crippen LogP contribution is -2.29. The summed E-state index contributed by atoms with van der Waals surface area (Å²) in [5.74, 6) is 2.43. The molecule has 0 aliphatic rings. The van der Waals surface area contributed by atoms with Gasteiger partial charge in [0.05, 0.1) is 0 Å². The van der Waals surface area contributed by atoms with E-state index >= 15 is 0 Å². The van der Waals surface area contributed by atoms with Crippen molar-refractivity contribution >= 4 is 0 Å². The van der Waals surface area contributed by atoms with Crippen molar-refractivity contribution in [3.8, 4) is 12.3 Å². The summed E-state index contributed by atoms with van der Waals surface area (Å²) in [6.07, 6.45) is 4.85. The van der Waals surface area contributed by atoms with Crippen molar-refractivity contribution in [1.82, 2.24) is 0 Å². The van der Waals surface area contributed by atoms with Crippen LogP contribution in [0.5, 0.6) is 0 Å². The molecule has 1 N–H and O–H groups in total. The Hall–Kier alpha value is -0.560.